The van der Waals surface area contributed by atoms with E-state index in [-0.39, 0.29) is 5.54 Å². The second-order valence-electron chi connectivity index (χ2n) is 5.85. The maximum Gasteiger partial charge on any atom is 0.0430 e. The largest absolute Gasteiger partial charge is 0.321 e. The van der Waals surface area contributed by atoms with Gasteiger partial charge in [-0.1, -0.05) is 58.9 Å². The molecule has 96 valence electrons. The third-order valence-corrected chi connectivity index (χ3v) is 3.72. The highest BCUT2D eigenvalue weighted by molar-refractivity contribution is 5.30. The lowest BCUT2D eigenvalue weighted by molar-refractivity contribution is 0.305. The molecule has 0 fully saturated rings. The molecule has 0 amide bonds. The fourth-order valence-corrected chi connectivity index (χ4v) is 2.40. The highest BCUT2D eigenvalue weighted by atomic mass is 14.7. The molecular weight excluding hydrogens is 206 g/mol. The summed E-state index contributed by atoms with van der Waals surface area (Å²) >= 11 is 0. The average Bonchev–Trinajstić information content (AvgIpc) is 2.27. The van der Waals surface area contributed by atoms with Gasteiger partial charge in [-0.25, -0.2) is 0 Å². The van der Waals surface area contributed by atoms with Gasteiger partial charge in [-0.3, -0.25) is 0 Å². The summed E-state index contributed by atoms with van der Waals surface area (Å²) in [5, 5.41) is 0. The minimum atomic E-state index is -0.188. The first-order valence-corrected chi connectivity index (χ1v) is 6.78. The molecule has 1 aromatic carbocycles. The van der Waals surface area contributed by atoms with Crippen LogP contribution >= 0.6 is 0 Å². The molecule has 0 saturated heterocycles. The Morgan fingerprint density at radius 3 is 2.29 bits per heavy atom. The van der Waals surface area contributed by atoms with Crippen molar-refractivity contribution < 1.29 is 0 Å². The number of hydrogen-bond acceptors (Lipinski definition) is 1. The molecule has 0 aliphatic carbocycles. The standard InChI is InChI=1S/C16H27N/c1-6-16(17,13(4)5)15-9-7-8-14(11-15)10-12(2)3/h7-9,11-13H,6,10,17H2,1-5H3. The lowest BCUT2D eigenvalue weighted by Gasteiger charge is -2.33. The number of benzene rings is 1. The van der Waals surface area contributed by atoms with Crippen LogP contribution in [0.5, 0.6) is 0 Å². The van der Waals surface area contributed by atoms with E-state index in [0.29, 0.717) is 11.8 Å². The third-order valence-electron chi connectivity index (χ3n) is 3.72. The van der Waals surface area contributed by atoms with Crippen LogP contribution in [0.4, 0.5) is 0 Å². The van der Waals surface area contributed by atoms with Crippen LogP contribution in [0.25, 0.3) is 0 Å². The predicted octanol–water partition coefficient (Wildman–Crippen LogP) is 4.11. The van der Waals surface area contributed by atoms with Crippen molar-refractivity contribution in [1.82, 2.24) is 0 Å². The SMILES string of the molecule is CCC(N)(c1cccc(CC(C)C)c1)C(C)C. The van der Waals surface area contributed by atoms with Crippen molar-refractivity contribution in [3.05, 3.63) is 35.4 Å². The maximum absolute atomic E-state index is 6.56. The molecule has 0 aliphatic heterocycles. The van der Waals surface area contributed by atoms with Gasteiger partial charge in [-0.15, -0.1) is 0 Å². The van der Waals surface area contributed by atoms with E-state index in [1.54, 1.807) is 0 Å². The summed E-state index contributed by atoms with van der Waals surface area (Å²) in [6.07, 6.45) is 2.11. The predicted molar refractivity (Wildman–Crippen MR) is 76.0 cm³/mol. The van der Waals surface area contributed by atoms with Gasteiger partial charge < -0.3 is 5.73 Å². The van der Waals surface area contributed by atoms with Crippen LogP contribution in [0.3, 0.4) is 0 Å². The van der Waals surface area contributed by atoms with Crippen LogP contribution in [0, 0.1) is 11.8 Å². The van der Waals surface area contributed by atoms with E-state index in [0.717, 1.165) is 12.8 Å². The molecule has 0 heterocycles. The van der Waals surface area contributed by atoms with Crippen molar-refractivity contribution >= 4 is 0 Å². The molecule has 1 aromatic rings. The molecule has 1 heteroatoms. The summed E-state index contributed by atoms with van der Waals surface area (Å²) in [5.41, 5.74) is 9.06. The van der Waals surface area contributed by atoms with E-state index in [1.165, 1.54) is 11.1 Å². The Hall–Kier alpha value is -0.820. The minimum absolute atomic E-state index is 0.188. The molecular formula is C16H27N. The lowest BCUT2D eigenvalue weighted by Crippen LogP contribution is -2.41. The molecule has 0 spiro atoms. The van der Waals surface area contributed by atoms with Gasteiger partial charge in [0.2, 0.25) is 0 Å². The fourth-order valence-electron chi connectivity index (χ4n) is 2.40. The summed E-state index contributed by atoms with van der Waals surface area (Å²) in [7, 11) is 0. The second-order valence-corrected chi connectivity index (χ2v) is 5.85. The van der Waals surface area contributed by atoms with Crippen LogP contribution in [-0.2, 0) is 12.0 Å². The summed E-state index contributed by atoms with van der Waals surface area (Å²) in [5.74, 6) is 1.15. The zero-order valence-corrected chi connectivity index (χ0v) is 12.0. The van der Waals surface area contributed by atoms with E-state index >= 15 is 0 Å². The molecule has 2 N–H and O–H groups in total. The Kier molecular flexibility index (Phi) is 4.76. The van der Waals surface area contributed by atoms with Crippen LogP contribution in [0.15, 0.2) is 24.3 Å². The minimum Gasteiger partial charge on any atom is -0.321 e. The first-order valence-electron chi connectivity index (χ1n) is 6.78. The Labute approximate surface area is 106 Å². The van der Waals surface area contributed by atoms with Gasteiger partial charge in [0.25, 0.3) is 0 Å². The lowest BCUT2D eigenvalue weighted by atomic mass is 9.78. The van der Waals surface area contributed by atoms with Gasteiger partial charge in [0.15, 0.2) is 0 Å². The summed E-state index contributed by atoms with van der Waals surface area (Å²) in [6, 6.07) is 8.82. The topological polar surface area (TPSA) is 26.0 Å². The highest BCUT2D eigenvalue weighted by Crippen LogP contribution is 2.30. The molecule has 17 heavy (non-hydrogen) atoms. The van der Waals surface area contributed by atoms with Crippen LogP contribution in [0.2, 0.25) is 0 Å². The van der Waals surface area contributed by atoms with Crippen molar-refractivity contribution in [3.8, 4) is 0 Å². The summed E-state index contributed by atoms with van der Waals surface area (Å²) < 4.78 is 0. The Morgan fingerprint density at radius 2 is 1.82 bits per heavy atom. The Bertz CT molecular complexity index is 354. The first kappa shape index (κ1) is 14.2. The van der Waals surface area contributed by atoms with Gasteiger partial charge in [0, 0.05) is 5.54 Å². The number of nitrogens with two attached hydrogens (primary N) is 1. The molecule has 0 bridgehead atoms. The van der Waals surface area contributed by atoms with Crippen LogP contribution in [-0.4, -0.2) is 0 Å². The monoisotopic (exact) mass is 233 g/mol. The molecule has 0 radical (unpaired) electrons. The Balaban J connectivity index is 3.05. The molecule has 1 rings (SSSR count). The molecule has 1 atom stereocenters. The maximum atomic E-state index is 6.56. The van der Waals surface area contributed by atoms with E-state index in [1.807, 2.05) is 0 Å². The van der Waals surface area contributed by atoms with Gasteiger partial charge in [-0.2, -0.15) is 0 Å². The van der Waals surface area contributed by atoms with Crippen LogP contribution < -0.4 is 5.73 Å². The van der Waals surface area contributed by atoms with Crippen molar-refractivity contribution in [1.29, 1.82) is 0 Å². The quantitative estimate of drug-likeness (QED) is 0.814. The zero-order chi connectivity index (χ0) is 13.1. The highest BCUT2D eigenvalue weighted by Gasteiger charge is 2.29. The van der Waals surface area contributed by atoms with Crippen molar-refractivity contribution in [3.63, 3.8) is 0 Å². The van der Waals surface area contributed by atoms with Crippen molar-refractivity contribution in [2.24, 2.45) is 17.6 Å². The van der Waals surface area contributed by atoms with E-state index in [9.17, 15) is 0 Å². The van der Waals surface area contributed by atoms with Crippen LogP contribution in [0.1, 0.15) is 52.2 Å². The Morgan fingerprint density at radius 1 is 1.18 bits per heavy atom. The van der Waals surface area contributed by atoms with Gasteiger partial charge >= 0.3 is 0 Å². The van der Waals surface area contributed by atoms with E-state index in [2.05, 4.69) is 58.9 Å². The smallest absolute Gasteiger partial charge is 0.0430 e. The van der Waals surface area contributed by atoms with Gasteiger partial charge in [0.05, 0.1) is 0 Å². The van der Waals surface area contributed by atoms with Crippen molar-refractivity contribution in [2.45, 2.75) is 53.0 Å². The van der Waals surface area contributed by atoms with Gasteiger partial charge in [-0.05, 0) is 35.8 Å². The summed E-state index contributed by atoms with van der Waals surface area (Å²) in [4.78, 5) is 0. The zero-order valence-electron chi connectivity index (χ0n) is 12.0. The molecule has 0 saturated carbocycles. The third kappa shape index (κ3) is 3.32. The fraction of sp³-hybridized carbons (Fsp3) is 0.625. The molecule has 0 aromatic heterocycles. The van der Waals surface area contributed by atoms with Crippen molar-refractivity contribution in [2.75, 3.05) is 0 Å². The van der Waals surface area contributed by atoms with E-state index < -0.39 is 0 Å². The molecule has 1 unspecified atom stereocenters. The second kappa shape index (κ2) is 5.68. The molecule has 1 nitrogen and oxygen atoms in total. The first-order chi connectivity index (χ1) is 7.90. The normalized spacial score (nSPS) is 15.3. The summed E-state index contributed by atoms with van der Waals surface area (Å²) in [6.45, 7) is 11.1. The average molecular weight is 233 g/mol. The number of rotatable bonds is 5. The van der Waals surface area contributed by atoms with E-state index in [4.69, 9.17) is 5.73 Å². The number of hydrogen-bond donors (Lipinski definition) is 1. The van der Waals surface area contributed by atoms with Gasteiger partial charge in [0.1, 0.15) is 0 Å². The molecule has 0 aliphatic rings.